The molecule has 2 aromatic carbocycles. The Bertz CT molecular complexity index is 1180. The van der Waals surface area contributed by atoms with Gasteiger partial charge in [0.05, 0.1) is 17.0 Å². The molecule has 0 aliphatic carbocycles. The zero-order valence-corrected chi connectivity index (χ0v) is 19.5. The zero-order chi connectivity index (χ0) is 25.1. The first-order valence-corrected chi connectivity index (χ1v) is 11.9. The summed E-state index contributed by atoms with van der Waals surface area (Å²) in [4.78, 5) is 25.6. The van der Waals surface area contributed by atoms with Crippen LogP contribution in [0.15, 0.2) is 47.4 Å². The lowest BCUT2D eigenvalue weighted by atomic mass is 10.1. The molecule has 1 saturated heterocycles. The highest BCUT2D eigenvalue weighted by Gasteiger charge is 2.34. The smallest absolute Gasteiger partial charge is 0.307 e. The number of piperazine rings is 1. The number of amides is 3. The first kappa shape index (κ1) is 25.7. The first-order valence-electron chi connectivity index (χ1n) is 10.4. The van der Waals surface area contributed by atoms with Crippen LogP contribution < -0.4 is 10.6 Å². The Morgan fingerprint density at radius 1 is 1.00 bits per heavy atom. The van der Waals surface area contributed by atoms with Crippen LogP contribution in [0, 0.1) is 13.8 Å². The summed E-state index contributed by atoms with van der Waals surface area (Å²) in [6.45, 7) is 3.99. The molecule has 184 valence electrons. The highest BCUT2D eigenvalue weighted by molar-refractivity contribution is 7.89. The molecule has 1 aliphatic rings. The summed E-state index contributed by atoms with van der Waals surface area (Å²) >= 11 is 0. The van der Waals surface area contributed by atoms with Gasteiger partial charge >= 0.3 is 12.2 Å². The van der Waals surface area contributed by atoms with Gasteiger partial charge in [-0.15, -0.1) is 0 Å². The molecule has 0 atom stereocenters. The van der Waals surface area contributed by atoms with Gasteiger partial charge < -0.3 is 5.32 Å². The number of nitrogens with zero attached hydrogens (tertiary/aromatic N) is 2. The normalized spacial score (nSPS) is 15.7. The number of sulfonamides is 1. The molecule has 3 amide bonds. The van der Waals surface area contributed by atoms with Crippen LogP contribution in [0.5, 0.6) is 0 Å². The number of hydrogen-bond donors (Lipinski definition) is 2. The van der Waals surface area contributed by atoms with E-state index in [-0.39, 0.29) is 32.7 Å². The summed E-state index contributed by atoms with van der Waals surface area (Å²) in [6, 6.07) is 8.33. The molecule has 0 saturated carbocycles. The minimum absolute atomic E-state index is 0.000538. The van der Waals surface area contributed by atoms with Gasteiger partial charge in [0.2, 0.25) is 15.9 Å². The summed E-state index contributed by atoms with van der Waals surface area (Å²) in [5.41, 5.74) is 1.41. The summed E-state index contributed by atoms with van der Waals surface area (Å²) in [6.07, 6.45) is -4.65. The number of hydrogen-bond acceptors (Lipinski definition) is 5. The van der Waals surface area contributed by atoms with E-state index in [1.165, 1.54) is 0 Å². The first-order chi connectivity index (χ1) is 15.9. The van der Waals surface area contributed by atoms with Crippen LogP contribution in [0.1, 0.15) is 16.7 Å². The van der Waals surface area contributed by atoms with E-state index in [1.807, 2.05) is 19.9 Å². The fourth-order valence-electron chi connectivity index (χ4n) is 3.52. The van der Waals surface area contributed by atoms with Crippen LogP contribution in [0.25, 0.3) is 0 Å². The lowest BCUT2D eigenvalue weighted by molar-refractivity contribution is -0.137. The third kappa shape index (κ3) is 6.13. The van der Waals surface area contributed by atoms with Gasteiger partial charge in [0.1, 0.15) is 0 Å². The maximum absolute atomic E-state index is 12.9. The number of carbonyl (C=O) groups excluding carboxylic acids is 2. The number of aryl methyl sites for hydroxylation is 1. The molecule has 2 N–H and O–H groups in total. The molecule has 12 heteroatoms. The molecular formula is C22H25F3N4O4S. The van der Waals surface area contributed by atoms with Gasteiger partial charge in [0, 0.05) is 31.9 Å². The van der Waals surface area contributed by atoms with E-state index in [2.05, 4.69) is 10.6 Å². The standard InChI is InChI=1S/C22H25F3N4O4S/c1-15-5-3-8-19(16(15)2)26-21(31)27-20(30)14-28-9-11-29(12-10-28)34(32,33)18-7-4-6-17(13-18)22(23,24)25/h3-8,13H,9-12,14H2,1-2H3,(H2,26,27,30,31). The molecule has 8 nitrogen and oxygen atoms in total. The van der Waals surface area contributed by atoms with Gasteiger partial charge in [0.25, 0.3) is 0 Å². The highest BCUT2D eigenvalue weighted by atomic mass is 32.2. The maximum atomic E-state index is 12.9. The van der Waals surface area contributed by atoms with Crippen molar-refractivity contribution in [1.82, 2.24) is 14.5 Å². The number of rotatable bonds is 5. The average molecular weight is 499 g/mol. The second-order valence-electron chi connectivity index (χ2n) is 7.96. The van der Waals surface area contributed by atoms with Crippen LogP contribution in [0.2, 0.25) is 0 Å². The third-order valence-corrected chi connectivity index (χ3v) is 7.50. The van der Waals surface area contributed by atoms with E-state index in [0.29, 0.717) is 11.8 Å². The molecule has 0 unspecified atom stereocenters. The Labute approximate surface area is 195 Å². The summed E-state index contributed by atoms with van der Waals surface area (Å²) in [5, 5.41) is 4.86. The Hall–Kier alpha value is -2.96. The van der Waals surface area contributed by atoms with E-state index < -0.39 is 38.6 Å². The van der Waals surface area contributed by atoms with Crippen LogP contribution in [0.3, 0.4) is 0 Å². The van der Waals surface area contributed by atoms with E-state index in [1.54, 1.807) is 17.0 Å². The van der Waals surface area contributed by atoms with Crippen molar-refractivity contribution in [3.63, 3.8) is 0 Å². The third-order valence-electron chi connectivity index (χ3n) is 5.60. The SMILES string of the molecule is Cc1cccc(NC(=O)NC(=O)CN2CCN(S(=O)(=O)c3cccc(C(F)(F)F)c3)CC2)c1C. The number of halogens is 3. The maximum Gasteiger partial charge on any atom is 0.416 e. The molecule has 1 aliphatic heterocycles. The molecule has 0 bridgehead atoms. The number of urea groups is 1. The fourth-order valence-corrected chi connectivity index (χ4v) is 4.99. The van der Waals surface area contributed by atoms with Crippen molar-refractivity contribution in [2.45, 2.75) is 24.9 Å². The van der Waals surface area contributed by atoms with Crippen molar-refractivity contribution in [2.24, 2.45) is 0 Å². The van der Waals surface area contributed by atoms with E-state index >= 15 is 0 Å². The topological polar surface area (TPSA) is 98.8 Å². The Balaban J connectivity index is 1.53. The van der Waals surface area contributed by atoms with Crippen molar-refractivity contribution in [1.29, 1.82) is 0 Å². The predicted molar refractivity (Wildman–Crippen MR) is 120 cm³/mol. The number of imide groups is 1. The Morgan fingerprint density at radius 3 is 2.29 bits per heavy atom. The monoisotopic (exact) mass is 498 g/mol. The number of anilines is 1. The van der Waals surface area contributed by atoms with Gasteiger partial charge in [-0.25, -0.2) is 13.2 Å². The molecule has 34 heavy (non-hydrogen) atoms. The fraction of sp³-hybridized carbons (Fsp3) is 0.364. The van der Waals surface area contributed by atoms with Crippen LogP contribution in [-0.4, -0.2) is 62.3 Å². The molecular weight excluding hydrogens is 473 g/mol. The highest BCUT2D eigenvalue weighted by Crippen LogP contribution is 2.31. The van der Waals surface area contributed by atoms with Crippen molar-refractivity contribution in [3.8, 4) is 0 Å². The van der Waals surface area contributed by atoms with Gasteiger partial charge in [0.15, 0.2) is 0 Å². The lowest BCUT2D eigenvalue weighted by Crippen LogP contribution is -2.51. The number of benzene rings is 2. The quantitative estimate of drug-likeness (QED) is 0.661. The van der Waals surface area contributed by atoms with Gasteiger partial charge in [-0.2, -0.15) is 17.5 Å². The Kier molecular flexibility index (Phi) is 7.64. The van der Waals surface area contributed by atoms with Crippen molar-refractivity contribution in [2.75, 3.05) is 38.0 Å². The second kappa shape index (κ2) is 10.1. The van der Waals surface area contributed by atoms with Crippen LogP contribution >= 0.6 is 0 Å². The molecule has 1 fully saturated rings. The number of alkyl halides is 3. The zero-order valence-electron chi connectivity index (χ0n) is 18.6. The summed E-state index contributed by atoms with van der Waals surface area (Å²) in [7, 11) is -4.12. The van der Waals surface area contributed by atoms with Gasteiger partial charge in [-0.3, -0.25) is 15.0 Å². The van der Waals surface area contributed by atoms with Crippen LogP contribution in [0.4, 0.5) is 23.7 Å². The average Bonchev–Trinajstić information content (AvgIpc) is 2.76. The molecule has 0 spiro atoms. The largest absolute Gasteiger partial charge is 0.416 e. The Morgan fingerprint density at radius 2 is 1.65 bits per heavy atom. The van der Waals surface area contributed by atoms with E-state index in [9.17, 15) is 31.2 Å². The van der Waals surface area contributed by atoms with Gasteiger partial charge in [-0.05, 0) is 49.2 Å². The molecule has 0 radical (unpaired) electrons. The number of carbonyl (C=O) groups is 2. The summed E-state index contributed by atoms with van der Waals surface area (Å²) < 4.78 is 65.5. The van der Waals surface area contributed by atoms with E-state index in [0.717, 1.165) is 33.6 Å². The number of nitrogens with one attached hydrogen (secondary N) is 2. The molecule has 0 aromatic heterocycles. The summed E-state index contributed by atoms with van der Waals surface area (Å²) in [5.74, 6) is -0.558. The minimum Gasteiger partial charge on any atom is -0.307 e. The van der Waals surface area contributed by atoms with E-state index in [4.69, 9.17) is 0 Å². The van der Waals surface area contributed by atoms with Crippen molar-refractivity contribution < 1.29 is 31.2 Å². The second-order valence-corrected chi connectivity index (χ2v) is 9.89. The minimum atomic E-state index is -4.65. The predicted octanol–water partition coefficient (Wildman–Crippen LogP) is 2.98. The molecule has 2 aromatic rings. The van der Waals surface area contributed by atoms with Crippen molar-refractivity contribution >= 4 is 27.6 Å². The molecule has 3 rings (SSSR count). The van der Waals surface area contributed by atoms with Gasteiger partial charge in [-0.1, -0.05) is 18.2 Å². The lowest BCUT2D eigenvalue weighted by Gasteiger charge is -2.33. The van der Waals surface area contributed by atoms with Crippen LogP contribution in [-0.2, 0) is 21.0 Å². The molecule has 1 heterocycles. The van der Waals surface area contributed by atoms with Crippen molar-refractivity contribution in [3.05, 3.63) is 59.2 Å².